The van der Waals surface area contributed by atoms with Crippen LogP contribution in [-0.4, -0.2) is 42.7 Å². The van der Waals surface area contributed by atoms with Crippen LogP contribution in [0.2, 0.25) is 5.15 Å². The lowest BCUT2D eigenvalue weighted by Crippen LogP contribution is -2.22. The summed E-state index contributed by atoms with van der Waals surface area (Å²) < 4.78 is 13.8. The Kier molecular flexibility index (Phi) is 5.61. The molecule has 1 saturated heterocycles. The molecule has 0 bridgehead atoms. The molecule has 37 heavy (non-hydrogen) atoms. The van der Waals surface area contributed by atoms with E-state index in [1.54, 1.807) is 23.7 Å². The van der Waals surface area contributed by atoms with Gasteiger partial charge in [0.05, 0.1) is 24.5 Å². The summed E-state index contributed by atoms with van der Waals surface area (Å²) in [4.78, 5) is 32.0. The van der Waals surface area contributed by atoms with Crippen molar-refractivity contribution < 1.29 is 9.26 Å². The first-order chi connectivity index (χ1) is 17.8. The molecule has 2 atom stereocenters. The van der Waals surface area contributed by atoms with Gasteiger partial charge in [-0.05, 0) is 49.6 Å². The van der Waals surface area contributed by atoms with Crippen LogP contribution in [0.4, 0.5) is 5.69 Å². The van der Waals surface area contributed by atoms with Gasteiger partial charge in [-0.25, -0.2) is 14.5 Å². The maximum absolute atomic E-state index is 13.6. The van der Waals surface area contributed by atoms with Gasteiger partial charge in [0, 0.05) is 35.9 Å². The minimum absolute atomic E-state index is 0.0808. The smallest absolute Gasteiger partial charge is 0.379 e. The number of aromatic amines is 1. The first-order valence-electron chi connectivity index (χ1n) is 11.9. The van der Waals surface area contributed by atoms with Crippen molar-refractivity contribution in [3.05, 3.63) is 67.6 Å². The summed E-state index contributed by atoms with van der Waals surface area (Å²) in [5.74, 6) is -0.531. The Morgan fingerprint density at radius 2 is 2.08 bits per heavy atom. The Bertz CT molecular complexity index is 1780. The van der Waals surface area contributed by atoms with E-state index in [0.717, 1.165) is 34.0 Å². The normalized spacial score (nSPS) is 16.6. The number of rotatable bonds is 5. The van der Waals surface area contributed by atoms with Gasteiger partial charge in [-0.1, -0.05) is 22.8 Å². The van der Waals surface area contributed by atoms with Crippen molar-refractivity contribution >= 4 is 39.1 Å². The zero-order valence-corrected chi connectivity index (χ0v) is 21.2. The number of ether oxygens (including phenoxy) is 1. The largest absolute Gasteiger partial charge is 0.439 e. The van der Waals surface area contributed by atoms with Crippen LogP contribution in [0.25, 0.3) is 33.3 Å². The molecule has 5 heterocycles. The molecular weight excluding hydrogens is 498 g/mol. The van der Waals surface area contributed by atoms with E-state index in [-0.39, 0.29) is 28.6 Å². The number of hydrogen-bond donors (Lipinski definition) is 2. The average Bonchev–Trinajstić information content (AvgIpc) is 3.64. The van der Waals surface area contributed by atoms with Gasteiger partial charge in [0.1, 0.15) is 16.5 Å². The molecule has 1 aromatic carbocycles. The number of hydrogen-bond acceptors (Lipinski definition) is 8. The summed E-state index contributed by atoms with van der Waals surface area (Å²) in [5, 5.41) is 14.5. The number of benzene rings is 1. The number of fused-ring (bicyclic) bond motifs is 3. The topological polar surface area (TPSA) is 133 Å². The van der Waals surface area contributed by atoms with Crippen molar-refractivity contribution in [2.24, 2.45) is 7.05 Å². The average molecular weight is 522 g/mol. The van der Waals surface area contributed by atoms with E-state index in [0.29, 0.717) is 30.0 Å². The van der Waals surface area contributed by atoms with Crippen LogP contribution in [0, 0.1) is 6.92 Å². The summed E-state index contributed by atoms with van der Waals surface area (Å²) in [6.07, 6.45) is 2.68. The van der Waals surface area contributed by atoms with Crippen molar-refractivity contribution in [3.63, 3.8) is 0 Å². The van der Waals surface area contributed by atoms with Crippen LogP contribution in [0.1, 0.15) is 36.6 Å². The van der Waals surface area contributed by atoms with E-state index in [9.17, 15) is 9.59 Å². The van der Waals surface area contributed by atoms with Crippen LogP contribution < -0.4 is 16.6 Å². The van der Waals surface area contributed by atoms with Crippen LogP contribution in [0.15, 0.2) is 44.6 Å². The molecule has 0 aliphatic carbocycles. The molecule has 4 aromatic heterocycles. The maximum Gasteiger partial charge on any atom is 0.439 e. The van der Waals surface area contributed by atoms with Gasteiger partial charge in [-0.15, -0.1) is 0 Å². The second-order valence-electron chi connectivity index (χ2n) is 9.32. The molecule has 11 nitrogen and oxygen atoms in total. The van der Waals surface area contributed by atoms with E-state index in [2.05, 4.69) is 36.1 Å². The van der Waals surface area contributed by atoms with E-state index in [4.69, 9.17) is 16.3 Å². The molecule has 2 N–H and O–H groups in total. The van der Waals surface area contributed by atoms with Gasteiger partial charge >= 0.3 is 5.76 Å². The Balaban J connectivity index is 1.52. The number of nitrogens with one attached hydrogen (secondary N) is 2. The third-order valence-electron chi connectivity index (χ3n) is 6.82. The second kappa shape index (κ2) is 8.86. The minimum atomic E-state index is -0.691. The minimum Gasteiger partial charge on any atom is -0.379 e. The van der Waals surface area contributed by atoms with Crippen molar-refractivity contribution in [2.45, 2.75) is 32.4 Å². The SMILES string of the molecule is Cc1cc(C(C)Nc2ccc(Cl)nc2-c2noc(=O)[nH]2)c2c(c1)c(=O)n(C)c1c2cnn1C1CCOC1. The summed E-state index contributed by atoms with van der Waals surface area (Å²) >= 11 is 6.14. The number of anilines is 1. The third kappa shape index (κ3) is 3.91. The molecule has 190 valence electrons. The molecule has 0 spiro atoms. The highest BCUT2D eigenvalue weighted by atomic mass is 35.5. The monoisotopic (exact) mass is 521 g/mol. The first kappa shape index (κ1) is 23.4. The number of pyridine rings is 2. The molecule has 12 heteroatoms. The molecule has 0 saturated carbocycles. The Hall–Kier alpha value is -3.96. The predicted molar refractivity (Wildman–Crippen MR) is 139 cm³/mol. The molecule has 1 aliphatic heterocycles. The zero-order valence-electron chi connectivity index (χ0n) is 20.4. The quantitative estimate of drug-likeness (QED) is 0.334. The molecule has 2 unspecified atom stereocenters. The highest BCUT2D eigenvalue weighted by Gasteiger charge is 2.25. The summed E-state index contributed by atoms with van der Waals surface area (Å²) in [6.45, 7) is 5.20. The molecular formula is C25H24ClN7O4. The van der Waals surface area contributed by atoms with Crippen molar-refractivity contribution in [3.8, 4) is 11.5 Å². The molecule has 0 radical (unpaired) electrons. The second-order valence-corrected chi connectivity index (χ2v) is 9.71. The fourth-order valence-corrected chi connectivity index (χ4v) is 5.27. The van der Waals surface area contributed by atoms with Crippen LogP contribution in [0.5, 0.6) is 0 Å². The third-order valence-corrected chi connectivity index (χ3v) is 7.03. The predicted octanol–water partition coefficient (Wildman–Crippen LogP) is 3.72. The summed E-state index contributed by atoms with van der Waals surface area (Å²) in [6, 6.07) is 7.20. The van der Waals surface area contributed by atoms with Crippen LogP contribution in [0.3, 0.4) is 0 Å². The standard InChI is InChI=1S/C25H24ClN7O4/c1-12-8-15(13(2)28-18-4-5-19(26)29-21(18)22-30-25(35)37-31-22)20-16(9-12)24(34)32(3)23-17(20)10-27-33(23)14-6-7-36-11-14/h4-5,8-10,13-14,28H,6-7,11H2,1-3H3,(H,30,31,35). The lowest BCUT2D eigenvalue weighted by molar-refractivity contribution is 0.185. The van der Waals surface area contributed by atoms with Gasteiger partial charge in [0.15, 0.2) is 0 Å². The van der Waals surface area contributed by atoms with E-state index >= 15 is 0 Å². The molecule has 5 aromatic rings. The van der Waals surface area contributed by atoms with Crippen molar-refractivity contribution in [1.82, 2.24) is 29.5 Å². The number of halogens is 1. The first-order valence-corrected chi connectivity index (χ1v) is 12.3. The van der Waals surface area contributed by atoms with Crippen LogP contribution >= 0.6 is 11.6 Å². The fraction of sp³-hybridized carbons (Fsp3) is 0.320. The number of aryl methyl sites for hydroxylation is 2. The number of aromatic nitrogens is 6. The van der Waals surface area contributed by atoms with E-state index in [1.165, 1.54) is 0 Å². The molecule has 1 aliphatic rings. The number of H-pyrrole nitrogens is 1. The highest BCUT2D eigenvalue weighted by molar-refractivity contribution is 6.29. The number of nitrogens with zero attached hydrogens (tertiary/aromatic N) is 5. The van der Waals surface area contributed by atoms with Crippen molar-refractivity contribution in [2.75, 3.05) is 18.5 Å². The van der Waals surface area contributed by atoms with Gasteiger partial charge in [-0.2, -0.15) is 5.10 Å². The lowest BCUT2D eigenvalue weighted by Gasteiger charge is -2.21. The molecule has 0 amide bonds. The van der Waals surface area contributed by atoms with Crippen molar-refractivity contribution in [1.29, 1.82) is 0 Å². The Morgan fingerprint density at radius 1 is 1.24 bits per heavy atom. The van der Waals surface area contributed by atoms with E-state index < -0.39 is 5.76 Å². The van der Waals surface area contributed by atoms with Gasteiger partial charge < -0.3 is 10.1 Å². The molecule has 1 fully saturated rings. The lowest BCUT2D eigenvalue weighted by atomic mass is 9.95. The van der Waals surface area contributed by atoms with E-state index in [1.807, 2.05) is 30.8 Å². The van der Waals surface area contributed by atoms with Gasteiger partial charge in [-0.3, -0.25) is 18.9 Å². The summed E-state index contributed by atoms with van der Waals surface area (Å²) in [5.41, 5.74) is 3.50. The fourth-order valence-electron chi connectivity index (χ4n) is 5.13. The Morgan fingerprint density at radius 3 is 2.81 bits per heavy atom. The van der Waals surface area contributed by atoms with Gasteiger partial charge in [0.2, 0.25) is 5.82 Å². The highest BCUT2D eigenvalue weighted by Crippen LogP contribution is 2.35. The summed E-state index contributed by atoms with van der Waals surface area (Å²) in [7, 11) is 1.78. The Labute approximate surface area is 215 Å². The van der Waals surface area contributed by atoms with Gasteiger partial charge in [0.25, 0.3) is 5.56 Å². The maximum atomic E-state index is 13.6. The zero-order chi connectivity index (χ0) is 25.8. The molecule has 6 rings (SSSR count). The van der Waals surface area contributed by atoms with Crippen LogP contribution in [-0.2, 0) is 11.8 Å².